The lowest BCUT2D eigenvalue weighted by atomic mass is 10.2. The van der Waals surface area contributed by atoms with E-state index in [2.05, 4.69) is 10.3 Å². The lowest BCUT2D eigenvalue weighted by Crippen LogP contribution is -2.21. The first-order valence-corrected chi connectivity index (χ1v) is 4.91. The normalized spacial score (nSPS) is 12.5. The molecule has 0 saturated heterocycles. The second-order valence-electron chi connectivity index (χ2n) is 2.38. The zero-order valence-electron chi connectivity index (χ0n) is 6.58. The van der Waals surface area contributed by atoms with Crippen molar-refractivity contribution in [2.24, 2.45) is 5.92 Å². The zero-order valence-corrected chi connectivity index (χ0v) is 8.15. The summed E-state index contributed by atoms with van der Waals surface area (Å²) in [6, 6.07) is 0. The van der Waals surface area contributed by atoms with Crippen LogP contribution in [0.1, 0.15) is 6.92 Å². The quantitative estimate of drug-likeness (QED) is 0.765. The molecule has 1 aromatic heterocycles. The van der Waals surface area contributed by atoms with Gasteiger partial charge in [0, 0.05) is 23.4 Å². The monoisotopic (exact) mass is 204 g/mol. The Kier molecular flexibility index (Phi) is 3.49. The van der Waals surface area contributed by atoms with Crippen LogP contribution in [0, 0.1) is 5.92 Å². The van der Waals surface area contributed by atoms with Gasteiger partial charge in [0.1, 0.15) is 0 Å². The minimum absolute atomic E-state index is 0.0834. The molecule has 0 aliphatic carbocycles. The SMILES string of the molecule is CC(CCl)C(=O)Nc1nccs1. The molecule has 5 heteroatoms. The highest BCUT2D eigenvalue weighted by atomic mass is 35.5. The Bertz CT molecular complexity index is 250. The Morgan fingerprint density at radius 2 is 2.67 bits per heavy atom. The van der Waals surface area contributed by atoms with Gasteiger partial charge in [0.05, 0.1) is 0 Å². The summed E-state index contributed by atoms with van der Waals surface area (Å²) in [5.74, 6) is 0.0764. The van der Waals surface area contributed by atoms with Crippen LogP contribution in [0.4, 0.5) is 5.13 Å². The van der Waals surface area contributed by atoms with Gasteiger partial charge in [0.2, 0.25) is 5.91 Å². The molecule has 1 amide bonds. The van der Waals surface area contributed by atoms with Crippen molar-refractivity contribution in [1.29, 1.82) is 0 Å². The number of anilines is 1. The maximum Gasteiger partial charge on any atom is 0.230 e. The molecule has 0 fully saturated rings. The van der Waals surface area contributed by atoms with Crippen LogP contribution in [0.25, 0.3) is 0 Å². The number of carbonyl (C=O) groups excluding carboxylic acids is 1. The molecule has 1 aromatic rings. The molecule has 1 unspecified atom stereocenters. The first-order chi connectivity index (χ1) is 5.74. The maximum atomic E-state index is 11.2. The van der Waals surface area contributed by atoms with Crippen molar-refractivity contribution < 1.29 is 4.79 Å². The minimum Gasteiger partial charge on any atom is -0.302 e. The fourth-order valence-electron chi connectivity index (χ4n) is 0.584. The molecule has 1 atom stereocenters. The second-order valence-corrected chi connectivity index (χ2v) is 3.59. The number of hydrogen-bond acceptors (Lipinski definition) is 3. The van der Waals surface area contributed by atoms with Crippen molar-refractivity contribution in [3.05, 3.63) is 11.6 Å². The zero-order chi connectivity index (χ0) is 8.97. The van der Waals surface area contributed by atoms with Crippen molar-refractivity contribution in [2.75, 3.05) is 11.2 Å². The highest BCUT2D eigenvalue weighted by molar-refractivity contribution is 7.13. The van der Waals surface area contributed by atoms with Crippen LogP contribution in [0.2, 0.25) is 0 Å². The number of alkyl halides is 1. The van der Waals surface area contributed by atoms with Crippen LogP contribution in [0.5, 0.6) is 0 Å². The third kappa shape index (κ3) is 2.46. The van der Waals surface area contributed by atoms with Gasteiger partial charge in [-0.3, -0.25) is 4.79 Å². The maximum absolute atomic E-state index is 11.2. The van der Waals surface area contributed by atoms with Gasteiger partial charge in [-0.1, -0.05) is 6.92 Å². The number of hydrogen-bond donors (Lipinski definition) is 1. The molecule has 0 saturated carbocycles. The summed E-state index contributed by atoms with van der Waals surface area (Å²) in [4.78, 5) is 15.1. The van der Waals surface area contributed by atoms with Gasteiger partial charge in [-0.15, -0.1) is 22.9 Å². The Morgan fingerprint density at radius 3 is 3.17 bits per heavy atom. The summed E-state index contributed by atoms with van der Waals surface area (Å²) in [5.41, 5.74) is 0. The average molecular weight is 205 g/mol. The predicted octanol–water partition coefficient (Wildman–Crippen LogP) is 1.96. The Labute approximate surface area is 79.8 Å². The van der Waals surface area contributed by atoms with Crippen molar-refractivity contribution in [2.45, 2.75) is 6.92 Å². The van der Waals surface area contributed by atoms with Crippen molar-refractivity contribution in [1.82, 2.24) is 4.98 Å². The summed E-state index contributed by atoms with van der Waals surface area (Å²) in [6.07, 6.45) is 1.64. The highest BCUT2D eigenvalue weighted by Crippen LogP contribution is 2.11. The van der Waals surface area contributed by atoms with Crippen LogP contribution in [-0.2, 0) is 4.79 Å². The molecule has 1 heterocycles. The van der Waals surface area contributed by atoms with Crippen LogP contribution in [0.15, 0.2) is 11.6 Å². The predicted molar refractivity (Wildman–Crippen MR) is 50.6 cm³/mol. The lowest BCUT2D eigenvalue weighted by molar-refractivity contribution is -0.118. The van der Waals surface area contributed by atoms with Gasteiger partial charge < -0.3 is 5.32 Å². The third-order valence-corrected chi connectivity index (χ3v) is 2.49. The number of amides is 1. The number of thiazole rings is 1. The minimum atomic E-state index is -0.171. The van der Waals surface area contributed by atoms with Gasteiger partial charge in [0.15, 0.2) is 5.13 Å². The van der Waals surface area contributed by atoms with Gasteiger partial charge >= 0.3 is 0 Å². The molecule has 3 nitrogen and oxygen atoms in total. The van der Waals surface area contributed by atoms with Crippen LogP contribution >= 0.6 is 22.9 Å². The topological polar surface area (TPSA) is 42.0 Å². The summed E-state index contributed by atoms with van der Waals surface area (Å²) in [5, 5.41) is 5.09. The molecule has 0 radical (unpaired) electrons. The van der Waals surface area contributed by atoms with Crippen LogP contribution < -0.4 is 5.32 Å². The average Bonchev–Trinajstić information content (AvgIpc) is 2.55. The molecular formula is C7H9ClN2OS. The molecule has 1 N–H and O–H groups in total. The summed E-state index contributed by atoms with van der Waals surface area (Å²) in [7, 11) is 0. The fraction of sp³-hybridized carbons (Fsp3) is 0.429. The van der Waals surface area contributed by atoms with Gasteiger partial charge in [-0.05, 0) is 0 Å². The molecule has 0 aliphatic heterocycles. The molecule has 0 aliphatic rings. The number of carbonyl (C=O) groups is 1. The van der Waals surface area contributed by atoms with Gasteiger partial charge in [0.25, 0.3) is 0 Å². The number of rotatable bonds is 3. The number of nitrogens with zero attached hydrogens (tertiary/aromatic N) is 1. The van der Waals surface area contributed by atoms with Crippen LogP contribution in [-0.4, -0.2) is 16.8 Å². The highest BCUT2D eigenvalue weighted by Gasteiger charge is 2.11. The Hall–Kier alpha value is -0.610. The molecule has 1 rings (SSSR count). The summed E-state index contributed by atoms with van der Waals surface area (Å²) in [6.45, 7) is 1.77. The summed E-state index contributed by atoms with van der Waals surface area (Å²) >= 11 is 6.90. The van der Waals surface area contributed by atoms with E-state index >= 15 is 0 Å². The Balaban J connectivity index is 2.47. The standard InChI is InChI=1S/C7H9ClN2OS/c1-5(4-8)6(11)10-7-9-2-3-12-7/h2-3,5H,4H2,1H3,(H,9,10,11). The molecule has 66 valence electrons. The van der Waals surface area contributed by atoms with Gasteiger partial charge in [-0.25, -0.2) is 4.98 Å². The lowest BCUT2D eigenvalue weighted by Gasteiger charge is -2.05. The smallest absolute Gasteiger partial charge is 0.230 e. The van der Waals surface area contributed by atoms with Crippen LogP contribution in [0.3, 0.4) is 0 Å². The van der Waals surface area contributed by atoms with Crippen molar-refractivity contribution in [3.8, 4) is 0 Å². The summed E-state index contributed by atoms with van der Waals surface area (Å²) < 4.78 is 0. The molecule has 12 heavy (non-hydrogen) atoms. The fourth-order valence-corrected chi connectivity index (χ4v) is 1.26. The number of aromatic nitrogens is 1. The van der Waals surface area contributed by atoms with E-state index in [4.69, 9.17) is 11.6 Å². The van der Waals surface area contributed by atoms with E-state index in [0.29, 0.717) is 11.0 Å². The molecule has 0 spiro atoms. The van der Waals surface area contributed by atoms with E-state index in [-0.39, 0.29) is 11.8 Å². The first kappa shape index (κ1) is 9.48. The third-order valence-electron chi connectivity index (χ3n) is 1.34. The Morgan fingerprint density at radius 1 is 1.92 bits per heavy atom. The first-order valence-electron chi connectivity index (χ1n) is 3.50. The van der Waals surface area contributed by atoms with E-state index < -0.39 is 0 Å². The number of halogens is 1. The largest absolute Gasteiger partial charge is 0.302 e. The number of nitrogens with one attached hydrogen (secondary N) is 1. The van der Waals surface area contributed by atoms with E-state index in [1.807, 2.05) is 0 Å². The molecule has 0 aromatic carbocycles. The second kappa shape index (κ2) is 4.42. The van der Waals surface area contributed by atoms with E-state index in [0.717, 1.165) is 0 Å². The molecular weight excluding hydrogens is 196 g/mol. The molecule has 0 bridgehead atoms. The van der Waals surface area contributed by atoms with E-state index in [9.17, 15) is 4.79 Å². The van der Waals surface area contributed by atoms with E-state index in [1.165, 1.54) is 11.3 Å². The van der Waals surface area contributed by atoms with Crippen molar-refractivity contribution >= 4 is 34.0 Å². The van der Waals surface area contributed by atoms with E-state index in [1.54, 1.807) is 18.5 Å². The van der Waals surface area contributed by atoms with Crippen molar-refractivity contribution in [3.63, 3.8) is 0 Å². The van der Waals surface area contributed by atoms with Gasteiger partial charge in [-0.2, -0.15) is 0 Å².